The third kappa shape index (κ3) is 6.00. The van der Waals surface area contributed by atoms with E-state index in [1.807, 2.05) is 6.92 Å². The van der Waals surface area contributed by atoms with Crippen LogP contribution in [0.1, 0.15) is 103 Å². The van der Waals surface area contributed by atoms with E-state index in [0.29, 0.717) is 11.9 Å². The second kappa shape index (κ2) is 11.2. The summed E-state index contributed by atoms with van der Waals surface area (Å²) in [6.45, 7) is 6.48. The van der Waals surface area contributed by atoms with E-state index in [1.54, 1.807) is 0 Å². The van der Waals surface area contributed by atoms with E-state index >= 15 is 0 Å². The number of nitrogens with zero attached hydrogens (tertiary/aromatic N) is 3. The van der Waals surface area contributed by atoms with Gasteiger partial charge < -0.3 is 10.3 Å². The summed E-state index contributed by atoms with van der Waals surface area (Å²) < 4.78 is 2.38. The van der Waals surface area contributed by atoms with Crippen LogP contribution in [0.3, 0.4) is 0 Å². The predicted octanol–water partition coefficient (Wildman–Crippen LogP) is 6.58. The summed E-state index contributed by atoms with van der Waals surface area (Å²) in [6.07, 6.45) is 18.0. The van der Waals surface area contributed by atoms with Gasteiger partial charge in [0.1, 0.15) is 17.3 Å². The van der Waals surface area contributed by atoms with Gasteiger partial charge in [0, 0.05) is 12.2 Å². The van der Waals surface area contributed by atoms with Crippen molar-refractivity contribution in [3.05, 3.63) is 18.1 Å². The van der Waals surface area contributed by atoms with Crippen molar-refractivity contribution >= 4 is 16.9 Å². The summed E-state index contributed by atoms with van der Waals surface area (Å²) in [4.78, 5) is 9.02. The third-order valence-corrected chi connectivity index (χ3v) is 5.39. The first-order chi connectivity index (χ1) is 12.7. The first-order valence-electron chi connectivity index (χ1n) is 10.8. The largest absolute Gasteiger partial charge is 0.383 e. The van der Waals surface area contributed by atoms with Gasteiger partial charge in [0.15, 0.2) is 0 Å². The van der Waals surface area contributed by atoms with Crippen LogP contribution in [0.2, 0.25) is 0 Å². The van der Waals surface area contributed by atoms with Gasteiger partial charge >= 0.3 is 0 Å². The van der Waals surface area contributed by atoms with E-state index in [-0.39, 0.29) is 0 Å². The van der Waals surface area contributed by atoms with Crippen LogP contribution >= 0.6 is 0 Å². The van der Waals surface area contributed by atoms with Crippen LogP contribution in [0.15, 0.2) is 12.3 Å². The molecule has 2 rings (SSSR count). The fraction of sp³-hybridized carbons (Fsp3) is 0.727. The molecule has 0 aliphatic rings. The Kier molecular flexibility index (Phi) is 8.93. The molecule has 2 N–H and O–H groups in total. The van der Waals surface area contributed by atoms with Crippen molar-refractivity contribution in [2.24, 2.45) is 0 Å². The highest BCUT2D eigenvalue weighted by molar-refractivity contribution is 5.86. The number of fused-ring (bicyclic) bond motifs is 1. The lowest BCUT2D eigenvalue weighted by atomic mass is 10.00. The Bertz CT molecular complexity index is 633. The van der Waals surface area contributed by atoms with Gasteiger partial charge in [-0.25, -0.2) is 9.97 Å². The quantitative estimate of drug-likeness (QED) is 0.411. The summed E-state index contributed by atoms with van der Waals surface area (Å²) in [5, 5.41) is 0.998. The highest BCUT2D eigenvalue weighted by atomic mass is 15.1. The normalized spacial score (nSPS) is 11.7. The Morgan fingerprint density at radius 1 is 0.885 bits per heavy atom. The molecule has 2 aromatic heterocycles. The predicted molar refractivity (Wildman–Crippen MR) is 112 cm³/mol. The molecule has 0 aliphatic heterocycles. The minimum absolute atomic E-state index is 0.532. The maximum Gasteiger partial charge on any atom is 0.146 e. The molecule has 2 aromatic rings. The van der Waals surface area contributed by atoms with Crippen molar-refractivity contribution < 1.29 is 0 Å². The van der Waals surface area contributed by atoms with E-state index < -0.39 is 0 Å². The zero-order valence-electron chi connectivity index (χ0n) is 17.1. The first-order valence-corrected chi connectivity index (χ1v) is 10.8. The summed E-state index contributed by atoms with van der Waals surface area (Å²) >= 11 is 0. The van der Waals surface area contributed by atoms with Crippen LogP contribution in [-0.4, -0.2) is 14.5 Å². The molecule has 0 fully saturated rings. The molecular formula is C22H38N4. The Morgan fingerprint density at radius 3 is 2.04 bits per heavy atom. The van der Waals surface area contributed by atoms with Crippen LogP contribution in [0.5, 0.6) is 0 Å². The fourth-order valence-corrected chi connectivity index (χ4v) is 3.85. The van der Waals surface area contributed by atoms with Crippen molar-refractivity contribution in [3.63, 3.8) is 0 Å². The molecular weight excluding hydrogens is 320 g/mol. The number of nitrogen functional groups attached to an aromatic ring is 1. The van der Waals surface area contributed by atoms with Crippen molar-refractivity contribution in [2.45, 2.75) is 104 Å². The zero-order valence-corrected chi connectivity index (χ0v) is 17.1. The molecule has 2 heterocycles. The Morgan fingerprint density at radius 2 is 1.46 bits per heavy atom. The topological polar surface area (TPSA) is 56.7 Å². The Hall–Kier alpha value is -1.58. The minimum atomic E-state index is 0.532. The van der Waals surface area contributed by atoms with Crippen molar-refractivity contribution in [1.29, 1.82) is 0 Å². The lowest BCUT2D eigenvalue weighted by Gasteiger charge is -2.20. The van der Waals surface area contributed by atoms with Crippen LogP contribution in [0, 0.1) is 6.92 Å². The molecule has 0 aromatic carbocycles. The number of rotatable bonds is 13. The van der Waals surface area contributed by atoms with Crippen LogP contribution in [0.4, 0.5) is 5.82 Å². The maximum atomic E-state index is 6.12. The van der Waals surface area contributed by atoms with Crippen LogP contribution < -0.4 is 5.73 Å². The molecule has 4 nitrogen and oxygen atoms in total. The minimum Gasteiger partial charge on any atom is -0.383 e. The summed E-state index contributed by atoms with van der Waals surface area (Å²) in [7, 11) is 0. The number of aryl methyl sites for hydroxylation is 1. The van der Waals surface area contributed by atoms with E-state index in [0.717, 1.165) is 16.9 Å². The third-order valence-electron chi connectivity index (χ3n) is 5.39. The number of nitrogens with two attached hydrogens (primary N) is 1. The molecule has 0 bridgehead atoms. The molecule has 0 spiro atoms. The highest BCUT2D eigenvalue weighted by Crippen LogP contribution is 2.29. The molecule has 0 amide bonds. The lowest BCUT2D eigenvalue weighted by molar-refractivity contribution is 0.402. The molecule has 0 saturated heterocycles. The van der Waals surface area contributed by atoms with E-state index in [2.05, 4.69) is 35.7 Å². The van der Waals surface area contributed by atoms with Gasteiger partial charge in [0.2, 0.25) is 0 Å². The van der Waals surface area contributed by atoms with Crippen molar-refractivity contribution in [2.75, 3.05) is 5.73 Å². The second-order valence-electron chi connectivity index (χ2n) is 7.68. The smallest absolute Gasteiger partial charge is 0.146 e. The maximum absolute atomic E-state index is 6.12. The van der Waals surface area contributed by atoms with E-state index in [1.165, 1.54) is 77.0 Å². The molecule has 4 heteroatoms. The Balaban J connectivity index is 2.06. The number of anilines is 1. The number of unbranched alkanes of at least 4 members (excludes halogenated alkanes) is 8. The second-order valence-corrected chi connectivity index (χ2v) is 7.68. The average Bonchev–Trinajstić information content (AvgIpc) is 3.03. The van der Waals surface area contributed by atoms with Gasteiger partial charge in [-0.3, -0.25) is 0 Å². The summed E-state index contributed by atoms with van der Waals surface area (Å²) in [6, 6.07) is 2.62. The molecule has 0 unspecified atom stereocenters. The lowest BCUT2D eigenvalue weighted by Crippen LogP contribution is -2.10. The van der Waals surface area contributed by atoms with Gasteiger partial charge in [-0.15, -0.1) is 0 Å². The molecule has 146 valence electrons. The van der Waals surface area contributed by atoms with Crippen LogP contribution in [0.25, 0.3) is 11.0 Å². The van der Waals surface area contributed by atoms with Crippen LogP contribution in [-0.2, 0) is 0 Å². The number of aromatic nitrogens is 3. The van der Waals surface area contributed by atoms with Gasteiger partial charge in [0.05, 0.1) is 5.39 Å². The van der Waals surface area contributed by atoms with Gasteiger partial charge in [0.25, 0.3) is 0 Å². The fourth-order valence-electron chi connectivity index (χ4n) is 3.85. The zero-order chi connectivity index (χ0) is 18.8. The molecule has 0 saturated carbocycles. The Labute approximate surface area is 159 Å². The standard InChI is InChI=1S/C22H38N4/c1-4-6-8-10-12-14-19(15-13-11-9-7-5-2)26-17-16-20-21(23)24-18(3)25-22(20)26/h16-17,19H,4-15H2,1-3H3,(H2,23,24,25). The van der Waals surface area contributed by atoms with Gasteiger partial charge in [-0.05, 0) is 25.8 Å². The molecule has 0 radical (unpaired) electrons. The number of hydrogen-bond donors (Lipinski definition) is 1. The highest BCUT2D eigenvalue weighted by Gasteiger charge is 2.16. The molecule has 0 aliphatic carbocycles. The van der Waals surface area contributed by atoms with Crippen molar-refractivity contribution in [3.8, 4) is 0 Å². The van der Waals surface area contributed by atoms with Gasteiger partial charge in [-0.1, -0.05) is 78.1 Å². The summed E-state index contributed by atoms with van der Waals surface area (Å²) in [5.74, 6) is 1.37. The SMILES string of the molecule is CCCCCCCC(CCCCCCC)n1ccc2c(N)nc(C)nc21. The van der Waals surface area contributed by atoms with Crippen molar-refractivity contribution in [1.82, 2.24) is 14.5 Å². The monoisotopic (exact) mass is 358 g/mol. The van der Waals surface area contributed by atoms with E-state index in [9.17, 15) is 0 Å². The van der Waals surface area contributed by atoms with E-state index in [4.69, 9.17) is 10.7 Å². The summed E-state index contributed by atoms with van der Waals surface area (Å²) in [5.41, 5.74) is 7.13. The average molecular weight is 359 g/mol. The molecule has 0 atom stereocenters. The number of hydrogen-bond acceptors (Lipinski definition) is 3. The molecule has 26 heavy (non-hydrogen) atoms. The van der Waals surface area contributed by atoms with Gasteiger partial charge in [-0.2, -0.15) is 0 Å². The first kappa shape index (κ1) is 20.7.